The molecule has 34 heavy (non-hydrogen) atoms. The van der Waals surface area contributed by atoms with E-state index in [0.29, 0.717) is 12.4 Å². The molecule has 1 aliphatic rings. The van der Waals surface area contributed by atoms with E-state index >= 15 is 0 Å². The lowest BCUT2D eigenvalue weighted by atomic mass is 9.85. The normalized spacial score (nSPS) is 16.0. The van der Waals surface area contributed by atoms with E-state index in [0.717, 1.165) is 44.6 Å². The summed E-state index contributed by atoms with van der Waals surface area (Å²) in [5.74, 6) is 0.224. The summed E-state index contributed by atoms with van der Waals surface area (Å²) in [6.07, 6.45) is 6.33. The minimum absolute atomic E-state index is 0.125. The summed E-state index contributed by atoms with van der Waals surface area (Å²) in [7, 11) is 1.71. The van der Waals surface area contributed by atoms with Gasteiger partial charge in [0, 0.05) is 49.5 Å². The number of piperidine rings is 1. The molecule has 0 aliphatic carbocycles. The number of hydrogen-bond acceptors (Lipinski definition) is 4. The lowest BCUT2D eigenvalue weighted by Crippen LogP contribution is -2.60. The number of rotatable bonds is 8. The molecular formula is C28H31N3O3. The van der Waals surface area contributed by atoms with Gasteiger partial charge in [-0.1, -0.05) is 36.4 Å². The fraction of sp³-hybridized carbons (Fsp3) is 0.321. The number of aromatic amines is 1. The first-order valence-electron chi connectivity index (χ1n) is 11.9. The Kier molecular flexibility index (Phi) is 6.52. The molecule has 4 aromatic rings. The van der Waals surface area contributed by atoms with Gasteiger partial charge in [-0.3, -0.25) is 9.69 Å². The fourth-order valence-corrected chi connectivity index (χ4v) is 5.21. The van der Waals surface area contributed by atoms with E-state index in [1.54, 1.807) is 25.5 Å². The third kappa shape index (κ3) is 4.39. The number of carbonyl (C=O) groups excluding carboxylic acids is 1. The first-order chi connectivity index (χ1) is 16.7. The van der Waals surface area contributed by atoms with E-state index in [1.165, 1.54) is 16.5 Å². The number of hydrogen-bond donors (Lipinski definition) is 1. The van der Waals surface area contributed by atoms with Gasteiger partial charge < -0.3 is 19.0 Å². The minimum atomic E-state index is -0.433. The van der Waals surface area contributed by atoms with Crippen molar-refractivity contribution in [1.29, 1.82) is 0 Å². The third-order valence-corrected chi connectivity index (χ3v) is 7.00. The van der Waals surface area contributed by atoms with E-state index in [2.05, 4.69) is 40.3 Å². The van der Waals surface area contributed by atoms with Crippen LogP contribution in [-0.2, 0) is 11.2 Å². The number of likely N-dealkylation sites (tertiary alicyclic amines) is 1. The maximum atomic E-state index is 13.6. The standard InChI is InChI=1S/C28H31N3O3/c1-33-21-28(31(23-8-3-2-4-9-23)27(32)26-12-7-19-34-26)14-17-30(18-15-28)16-13-22-20-29-25-11-6-5-10-24(22)25/h2-12,19-20,29H,13-18,21H2,1H3. The number of furan rings is 1. The van der Waals surface area contributed by atoms with Crippen LogP contribution in [-0.4, -0.2) is 54.7 Å². The Morgan fingerprint density at radius 1 is 1.06 bits per heavy atom. The Labute approximate surface area is 200 Å². The van der Waals surface area contributed by atoms with Gasteiger partial charge in [0.2, 0.25) is 0 Å². The van der Waals surface area contributed by atoms with Crippen molar-refractivity contribution < 1.29 is 13.9 Å². The summed E-state index contributed by atoms with van der Waals surface area (Å²) >= 11 is 0. The summed E-state index contributed by atoms with van der Waals surface area (Å²) < 4.78 is 11.2. The Morgan fingerprint density at radius 3 is 2.56 bits per heavy atom. The quantitative estimate of drug-likeness (QED) is 0.398. The maximum absolute atomic E-state index is 13.6. The zero-order valence-corrected chi connectivity index (χ0v) is 19.6. The zero-order chi connectivity index (χ0) is 23.4. The maximum Gasteiger partial charge on any atom is 0.294 e. The number of fused-ring (bicyclic) bond motifs is 1. The summed E-state index contributed by atoms with van der Waals surface area (Å²) in [4.78, 5) is 21.4. The number of benzene rings is 2. The monoisotopic (exact) mass is 457 g/mol. The van der Waals surface area contributed by atoms with Crippen molar-refractivity contribution in [3.63, 3.8) is 0 Å². The molecule has 2 aromatic carbocycles. The van der Waals surface area contributed by atoms with E-state index in [-0.39, 0.29) is 5.91 Å². The number of para-hydroxylation sites is 2. The molecule has 6 nitrogen and oxygen atoms in total. The molecule has 0 spiro atoms. The lowest BCUT2D eigenvalue weighted by Gasteiger charge is -2.48. The average Bonchev–Trinajstić information content (AvgIpc) is 3.55. The van der Waals surface area contributed by atoms with E-state index in [9.17, 15) is 4.79 Å². The number of ether oxygens (including phenoxy) is 1. The fourth-order valence-electron chi connectivity index (χ4n) is 5.21. The number of H-pyrrole nitrogens is 1. The van der Waals surface area contributed by atoms with Crippen molar-refractivity contribution in [2.75, 3.05) is 38.3 Å². The summed E-state index contributed by atoms with van der Waals surface area (Å²) in [6, 6.07) is 21.8. The molecule has 1 fully saturated rings. The van der Waals surface area contributed by atoms with E-state index < -0.39 is 5.54 Å². The Morgan fingerprint density at radius 2 is 1.82 bits per heavy atom. The van der Waals surface area contributed by atoms with Crippen LogP contribution < -0.4 is 4.90 Å². The molecule has 176 valence electrons. The van der Waals surface area contributed by atoms with Gasteiger partial charge in [-0.05, 0) is 55.2 Å². The molecule has 6 heteroatoms. The molecular weight excluding hydrogens is 426 g/mol. The minimum Gasteiger partial charge on any atom is -0.459 e. The van der Waals surface area contributed by atoms with Gasteiger partial charge in [0.25, 0.3) is 5.91 Å². The second-order valence-corrected chi connectivity index (χ2v) is 9.06. The van der Waals surface area contributed by atoms with Gasteiger partial charge in [-0.25, -0.2) is 0 Å². The van der Waals surface area contributed by atoms with Crippen molar-refractivity contribution >= 4 is 22.5 Å². The molecule has 0 atom stereocenters. The van der Waals surface area contributed by atoms with Crippen molar-refractivity contribution in [2.24, 2.45) is 0 Å². The molecule has 5 rings (SSSR count). The van der Waals surface area contributed by atoms with Crippen LogP contribution >= 0.6 is 0 Å². The zero-order valence-electron chi connectivity index (χ0n) is 19.6. The molecule has 1 amide bonds. The van der Waals surface area contributed by atoms with Gasteiger partial charge in [-0.15, -0.1) is 0 Å². The van der Waals surface area contributed by atoms with Crippen LogP contribution in [0.5, 0.6) is 0 Å². The number of anilines is 1. The summed E-state index contributed by atoms with van der Waals surface area (Å²) in [5, 5.41) is 1.30. The Bertz CT molecular complexity index is 1210. The van der Waals surface area contributed by atoms with Gasteiger partial charge in [-0.2, -0.15) is 0 Å². The molecule has 0 unspecified atom stereocenters. The van der Waals surface area contributed by atoms with Gasteiger partial charge in [0.15, 0.2) is 5.76 Å². The number of amides is 1. The van der Waals surface area contributed by atoms with Crippen molar-refractivity contribution in [1.82, 2.24) is 9.88 Å². The molecule has 3 heterocycles. The van der Waals surface area contributed by atoms with Crippen LogP contribution in [0.15, 0.2) is 83.6 Å². The summed E-state index contributed by atoms with van der Waals surface area (Å²) in [6.45, 7) is 3.27. The lowest BCUT2D eigenvalue weighted by molar-refractivity contribution is 0.0610. The Balaban J connectivity index is 1.34. The van der Waals surface area contributed by atoms with Crippen LogP contribution in [0.1, 0.15) is 29.0 Å². The highest BCUT2D eigenvalue weighted by Crippen LogP contribution is 2.35. The van der Waals surface area contributed by atoms with Crippen molar-refractivity contribution in [3.8, 4) is 0 Å². The second-order valence-electron chi connectivity index (χ2n) is 9.06. The molecule has 0 bridgehead atoms. The highest BCUT2D eigenvalue weighted by Gasteiger charge is 2.44. The van der Waals surface area contributed by atoms with Crippen LogP contribution in [0.25, 0.3) is 10.9 Å². The molecule has 0 saturated carbocycles. The second kappa shape index (κ2) is 9.87. The highest BCUT2D eigenvalue weighted by atomic mass is 16.5. The van der Waals surface area contributed by atoms with Gasteiger partial charge in [0.05, 0.1) is 18.4 Å². The van der Waals surface area contributed by atoms with Crippen molar-refractivity contribution in [2.45, 2.75) is 24.8 Å². The van der Waals surface area contributed by atoms with E-state index in [4.69, 9.17) is 9.15 Å². The SMILES string of the molecule is COCC1(N(C(=O)c2ccco2)c2ccccc2)CCN(CCc2c[nH]c3ccccc23)CC1. The molecule has 1 aliphatic heterocycles. The summed E-state index contributed by atoms with van der Waals surface area (Å²) in [5.41, 5.74) is 2.97. The molecule has 0 radical (unpaired) electrons. The van der Waals surface area contributed by atoms with Crippen LogP contribution in [0.2, 0.25) is 0 Å². The first-order valence-corrected chi connectivity index (χ1v) is 11.9. The first kappa shape index (κ1) is 22.4. The number of aromatic nitrogens is 1. The van der Waals surface area contributed by atoms with Gasteiger partial charge >= 0.3 is 0 Å². The number of nitrogens with zero attached hydrogens (tertiary/aromatic N) is 2. The smallest absolute Gasteiger partial charge is 0.294 e. The van der Waals surface area contributed by atoms with E-state index in [1.807, 2.05) is 35.2 Å². The number of methoxy groups -OCH3 is 1. The average molecular weight is 458 g/mol. The van der Waals surface area contributed by atoms with Gasteiger partial charge in [0.1, 0.15) is 0 Å². The van der Waals surface area contributed by atoms with Crippen LogP contribution in [0.4, 0.5) is 5.69 Å². The topological polar surface area (TPSA) is 61.7 Å². The molecule has 1 saturated heterocycles. The number of carbonyl (C=O) groups is 1. The largest absolute Gasteiger partial charge is 0.459 e. The molecule has 1 N–H and O–H groups in total. The van der Waals surface area contributed by atoms with Crippen LogP contribution in [0.3, 0.4) is 0 Å². The highest BCUT2D eigenvalue weighted by molar-refractivity contribution is 6.05. The van der Waals surface area contributed by atoms with Crippen molar-refractivity contribution in [3.05, 3.63) is 90.5 Å². The predicted molar refractivity (Wildman–Crippen MR) is 134 cm³/mol. The third-order valence-electron chi connectivity index (χ3n) is 7.00. The predicted octanol–water partition coefficient (Wildman–Crippen LogP) is 5.13. The number of nitrogens with one attached hydrogen (secondary N) is 1. The Hall–Kier alpha value is -3.35. The van der Waals surface area contributed by atoms with Crippen LogP contribution in [0, 0.1) is 0 Å². The molecule has 2 aromatic heterocycles.